The maximum Gasteiger partial charge on any atom is 0.306 e. The number of rotatable bonds is 63. The van der Waals surface area contributed by atoms with Crippen LogP contribution in [-0.4, -0.2) is 37.2 Å². The number of ether oxygens (including phenoxy) is 3. The van der Waals surface area contributed by atoms with Crippen LogP contribution in [0.5, 0.6) is 0 Å². The Balaban J connectivity index is 4.33. The molecule has 0 radical (unpaired) electrons. The lowest BCUT2D eigenvalue weighted by atomic mass is 10.0. The van der Waals surface area contributed by atoms with E-state index in [1.807, 2.05) is 0 Å². The zero-order chi connectivity index (χ0) is 55.0. The normalized spacial score (nSPS) is 12.2. The van der Waals surface area contributed by atoms with Gasteiger partial charge in [-0.3, -0.25) is 14.4 Å². The molecule has 0 fully saturated rings. The largest absolute Gasteiger partial charge is 0.462 e. The van der Waals surface area contributed by atoms with E-state index >= 15 is 0 Å². The number of carbonyl (C=O) groups is 3. The first-order chi connectivity index (χ1) is 37.5. The molecule has 76 heavy (non-hydrogen) atoms. The molecule has 0 aromatic heterocycles. The molecule has 0 aliphatic heterocycles. The lowest BCUT2D eigenvalue weighted by Gasteiger charge is -2.18. The minimum Gasteiger partial charge on any atom is -0.462 e. The van der Waals surface area contributed by atoms with Gasteiger partial charge in [0.25, 0.3) is 0 Å². The monoisotopic (exact) mass is 1070 g/mol. The average molecular weight is 1070 g/mol. The number of hydrogen-bond donors (Lipinski definition) is 0. The maximum atomic E-state index is 12.9. The molecule has 0 saturated carbocycles. The summed E-state index contributed by atoms with van der Waals surface area (Å²) in [5.41, 5.74) is 0. The first-order valence-electron chi connectivity index (χ1n) is 34.0. The molecule has 0 amide bonds. The van der Waals surface area contributed by atoms with E-state index in [0.29, 0.717) is 19.3 Å². The Morgan fingerprint density at radius 1 is 0.263 bits per heavy atom. The van der Waals surface area contributed by atoms with Gasteiger partial charge in [-0.25, -0.2) is 0 Å². The second-order valence-corrected chi connectivity index (χ2v) is 23.1. The maximum absolute atomic E-state index is 12.9. The van der Waals surface area contributed by atoms with E-state index in [-0.39, 0.29) is 31.1 Å². The Kier molecular flexibility index (Phi) is 63.1. The van der Waals surface area contributed by atoms with Crippen LogP contribution in [0.4, 0.5) is 0 Å². The predicted molar refractivity (Wildman–Crippen MR) is 330 cm³/mol. The summed E-state index contributed by atoms with van der Waals surface area (Å²) in [4.78, 5) is 38.4. The molecule has 0 aliphatic rings. The van der Waals surface area contributed by atoms with Crippen molar-refractivity contribution in [2.24, 2.45) is 0 Å². The Bertz CT molecular complexity index is 1270. The molecule has 0 saturated heterocycles. The number of unbranched alkanes of at least 4 members (excludes halogenated alkanes) is 46. The van der Waals surface area contributed by atoms with Gasteiger partial charge in [0.05, 0.1) is 0 Å². The minimum absolute atomic E-state index is 0.0696. The van der Waals surface area contributed by atoms with Crippen LogP contribution in [-0.2, 0) is 28.6 Å². The van der Waals surface area contributed by atoms with Crippen LogP contribution in [0.3, 0.4) is 0 Å². The van der Waals surface area contributed by atoms with Crippen molar-refractivity contribution in [1.29, 1.82) is 0 Å². The van der Waals surface area contributed by atoms with Gasteiger partial charge in [-0.2, -0.15) is 0 Å². The van der Waals surface area contributed by atoms with Gasteiger partial charge in [0.15, 0.2) is 6.10 Å². The SMILES string of the molecule is CCCCC/C=C\C/C=C\CCCCCCCCCCCC(=O)OC(COC(=O)CCCCCCCCCCC/C=C\CCCCCCCC)COC(=O)CCCCCCCCCCCCCCCCCCCCCC. The summed E-state index contributed by atoms with van der Waals surface area (Å²) in [5, 5.41) is 0. The molecule has 1 unspecified atom stereocenters. The fourth-order valence-corrected chi connectivity index (χ4v) is 10.2. The van der Waals surface area contributed by atoms with Gasteiger partial charge >= 0.3 is 17.9 Å². The first kappa shape index (κ1) is 73.6. The summed E-state index contributed by atoms with van der Waals surface area (Å²) in [6.45, 7) is 6.68. The van der Waals surface area contributed by atoms with Crippen LogP contribution >= 0.6 is 0 Å². The summed E-state index contributed by atoms with van der Waals surface area (Å²) in [5.74, 6) is -0.848. The lowest BCUT2D eigenvalue weighted by Crippen LogP contribution is -2.30. The molecule has 0 N–H and O–H groups in total. The van der Waals surface area contributed by atoms with Gasteiger partial charge in [0, 0.05) is 19.3 Å². The van der Waals surface area contributed by atoms with Crippen molar-refractivity contribution in [3.05, 3.63) is 36.5 Å². The molecule has 0 aromatic carbocycles. The van der Waals surface area contributed by atoms with Crippen molar-refractivity contribution in [2.75, 3.05) is 13.2 Å². The van der Waals surface area contributed by atoms with Crippen molar-refractivity contribution >= 4 is 17.9 Å². The Hall–Kier alpha value is -2.37. The standard InChI is InChI=1S/C70H130O6/c1-4-7-10-13-16-19-22-25-28-31-34-37-39-42-45-48-51-54-57-60-63-69(72)75-66-67(76-70(73)64-61-58-55-52-49-46-43-40-36-33-30-27-24-21-18-15-12-9-6-3)65-74-68(71)62-59-56-53-50-47-44-41-38-35-32-29-26-23-20-17-14-11-8-5-2/h18,21,26-27,29-30,67H,4-17,19-20,22-25,28,31-66H2,1-3H3/b21-18-,29-26-,30-27-. The van der Waals surface area contributed by atoms with Crippen LogP contribution in [0.2, 0.25) is 0 Å². The van der Waals surface area contributed by atoms with E-state index in [0.717, 1.165) is 64.2 Å². The zero-order valence-corrected chi connectivity index (χ0v) is 51.3. The summed E-state index contributed by atoms with van der Waals surface area (Å²) >= 11 is 0. The number of allylic oxidation sites excluding steroid dienone is 6. The minimum atomic E-state index is -0.774. The molecule has 0 heterocycles. The highest BCUT2D eigenvalue weighted by Crippen LogP contribution is 2.18. The second-order valence-electron chi connectivity index (χ2n) is 23.1. The van der Waals surface area contributed by atoms with Gasteiger partial charge in [-0.15, -0.1) is 0 Å². The third kappa shape index (κ3) is 62.5. The van der Waals surface area contributed by atoms with Crippen molar-refractivity contribution in [3.63, 3.8) is 0 Å². The van der Waals surface area contributed by atoms with Crippen molar-refractivity contribution in [2.45, 2.75) is 380 Å². The molecule has 0 aromatic rings. The molecule has 0 rings (SSSR count). The zero-order valence-electron chi connectivity index (χ0n) is 51.3. The highest BCUT2D eigenvalue weighted by atomic mass is 16.6. The van der Waals surface area contributed by atoms with Gasteiger partial charge in [0.2, 0.25) is 0 Å². The van der Waals surface area contributed by atoms with E-state index in [9.17, 15) is 14.4 Å². The van der Waals surface area contributed by atoms with Gasteiger partial charge < -0.3 is 14.2 Å². The van der Waals surface area contributed by atoms with Crippen LogP contribution in [0, 0.1) is 0 Å². The van der Waals surface area contributed by atoms with E-state index in [1.165, 1.54) is 270 Å². The molecule has 0 bridgehead atoms. The summed E-state index contributed by atoms with van der Waals surface area (Å²) in [6, 6.07) is 0. The predicted octanol–water partition coefficient (Wildman–Crippen LogP) is 23.2. The van der Waals surface area contributed by atoms with E-state index in [2.05, 4.69) is 57.2 Å². The highest BCUT2D eigenvalue weighted by molar-refractivity contribution is 5.71. The van der Waals surface area contributed by atoms with Crippen LogP contribution in [0.1, 0.15) is 374 Å². The second kappa shape index (κ2) is 65.2. The topological polar surface area (TPSA) is 78.9 Å². The van der Waals surface area contributed by atoms with Gasteiger partial charge in [0.1, 0.15) is 13.2 Å². The fraction of sp³-hybridized carbons (Fsp3) is 0.871. The van der Waals surface area contributed by atoms with Gasteiger partial charge in [-0.1, -0.05) is 314 Å². The summed E-state index contributed by atoms with van der Waals surface area (Å²) in [6.07, 6.45) is 80.1. The molecule has 6 nitrogen and oxygen atoms in total. The van der Waals surface area contributed by atoms with Gasteiger partial charge in [-0.05, 0) is 77.0 Å². The highest BCUT2D eigenvalue weighted by Gasteiger charge is 2.19. The molecular weight excluding hydrogens is 937 g/mol. The summed E-state index contributed by atoms with van der Waals surface area (Å²) in [7, 11) is 0. The van der Waals surface area contributed by atoms with E-state index < -0.39 is 6.10 Å². The number of esters is 3. The molecule has 446 valence electrons. The molecule has 0 aliphatic carbocycles. The molecule has 0 spiro atoms. The number of carbonyl (C=O) groups excluding carboxylic acids is 3. The Morgan fingerprint density at radius 2 is 0.474 bits per heavy atom. The van der Waals surface area contributed by atoms with E-state index in [1.54, 1.807) is 0 Å². The molecule has 1 atom stereocenters. The lowest BCUT2D eigenvalue weighted by molar-refractivity contribution is -0.167. The summed E-state index contributed by atoms with van der Waals surface area (Å²) < 4.78 is 17.0. The smallest absolute Gasteiger partial charge is 0.306 e. The fourth-order valence-electron chi connectivity index (χ4n) is 10.2. The van der Waals surface area contributed by atoms with Crippen LogP contribution in [0.15, 0.2) is 36.5 Å². The average Bonchev–Trinajstić information content (AvgIpc) is 3.42. The third-order valence-corrected chi connectivity index (χ3v) is 15.4. The van der Waals surface area contributed by atoms with E-state index in [4.69, 9.17) is 14.2 Å². The molecular formula is C70H130O6. The van der Waals surface area contributed by atoms with Crippen molar-refractivity contribution < 1.29 is 28.6 Å². The third-order valence-electron chi connectivity index (χ3n) is 15.4. The number of hydrogen-bond acceptors (Lipinski definition) is 6. The Morgan fingerprint density at radius 3 is 0.763 bits per heavy atom. The quantitative estimate of drug-likeness (QED) is 0.0261. The Labute approximate surface area is 474 Å². The first-order valence-corrected chi connectivity index (χ1v) is 34.0. The van der Waals surface area contributed by atoms with Crippen molar-refractivity contribution in [1.82, 2.24) is 0 Å². The molecule has 6 heteroatoms. The van der Waals surface area contributed by atoms with Crippen LogP contribution < -0.4 is 0 Å². The van der Waals surface area contributed by atoms with Crippen molar-refractivity contribution in [3.8, 4) is 0 Å². The van der Waals surface area contributed by atoms with Crippen LogP contribution in [0.25, 0.3) is 0 Å².